The van der Waals surface area contributed by atoms with Crippen LogP contribution in [0.5, 0.6) is 11.5 Å². The molecule has 1 aromatic heterocycles. The number of pyridine rings is 1. The molecular weight excluding hydrogens is 506 g/mol. The molecule has 1 aliphatic heterocycles. The first-order valence-corrected chi connectivity index (χ1v) is 14.4. The number of hydrogen-bond donors (Lipinski definition) is 1. The van der Waals surface area contributed by atoms with E-state index in [9.17, 15) is 18.0 Å². The zero-order valence-electron chi connectivity index (χ0n) is 22.2. The average Bonchev–Trinajstić information content (AvgIpc) is 3.23. The molecule has 0 unspecified atom stereocenters. The molecule has 204 valence electrons. The Balaban J connectivity index is 1.59. The minimum atomic E-state index is -3.74. The number of carbonyl (C=O) groups excluding carboxylic acids is 1. The fourth-order valence-corrected chi connectivity index (χ4v) is 6.39. The molecule has 2 aromatic carbocycles. The third kappa shape index (κ3) is 5.71. The molecule has 1 aliphatic rings. The second-order valence-electron chi connectivity index (χ2n) is 9.35. The maximum atomic E-state index is 13.4. The third-order valence-corrected chi connectivity index (χ3v) is 8.88. The molecule has 9 nitrogen and oxygen atoms in total. The van der Waals surface area contributed by atoms with Gasteiger partial charge in [-0.1, -0.05) is 18.9 Å². The van der Waals surface area contributed by atoms with E-state index in [0.717, 1.165) is 31.2 Å². The zero-order valence-corrected chi connectivity index (χ0v) is 23.0. The summed E-state index contributed by atoms with van der Waals surface area (Å²) in [5, 5.41) is 3.04. The molecule has 0 radical (unpaired) electrons. The van der Waals surface area contributed by atoms with Crippen LogP contribution in [-0.2, 0) is 23.0 Å². The van der Waals surface area contributed by atoms with E-state index in [1.165, 1.54) is 10.4 Å². The lowest BCUT2D eigenvalue weighted by Gasteiger charge is -2.20. The van der Waals surface area contributed by atoms with Gasteiger partial charge >= 0.3 is 0 Å². The average molecular weight is 542 g/mol. The summed E-state index contributed by atoms with van der Waals surface area (Å²) >= 11 is 0. The maximum absolute atomic E-state index is 13.4. The van der Waals surface area contributed by atoms with E-state index < -0.39 is 21.4 Å². The molecule has 10 heteroatoms. The summed E-state index contributed by atoms with van der Waals surface area (Å²) < 4.78 is 40.6. The van der Waals surface area contributed by atoms with Crippen LogP contribution in [0.25, 0.3) is 10.9 Å². The van der Waals surface area contributed by atoms with Crippen molar-refractivity contribution in [3.63, 3.8) is 0 Å². The van der Waals surface area contributed by atoms with Crippen LogP contribution in [0.3, 0.4) is 0 Å². The number of fused-ring (bicyclic) bond motifs is 1. The Bertz CT molecular complexity index is 1470. The highest BCUT2D eigenvalue weighted by molar-refractivity contribution is 7.89. The lowest BCUT2D eigenvalue weighted by atomic mass is 10.1. The van der Waals surface area contributed by atoms with Crippen molar-refractivity contribution in [3.8, 4) is 11.5 Å². The van der Waals surface area contributed by atoms with Crippen LogP contribution >= 0.6 is 0 Å². The number of hydrogen-bond acceptors (Lipinski definition) is 6. The number of nitrogens with zero attached hydrogens (tertiary/aromatic N) is 2. The zero-order chi connectivity index (χ0) is 27.3. The predicted octanol–water partition coefficient (Wildman–Crippen LogP) is 3.58. The second kappa shape index (κ2) is 12.0. The highest BCUT2D eigenvalue weighted by Gasteiger charge is 2.26. The molecule has 1 N–H and O–H groups in total. The van der Waals surface area contributed by atoms with Crippen molar-refractivity contribution in [3.05, 3.63) is 63.9 Å². The van der Waals surface area contributed by atoms with Gasteiger partial charge in [-0.05, 0) is 62.1 Å². The van der Waals surface area contributed by atoms with Crippen LogP contribution in [-0.4, -0.2) is 57.1 Å². The summed E-state index contributed by atoms with van der Waals surface area (Å²) in [6, 6.07) is 10.2. The van der Waals surface area contributed by atoms with Gasteiger partial charge in [0.05, 0.1) is 24.6 Å². The number of ether oxygens (including phenoxy) is 2. The number of carbonyl (C=O) groups is 1. The number of benzene rings is 2. The SMILES string of the molecule is CCn1cc(C(=O)NCCc2ccc(OC)c(OC)c2)c(=O)c2cc(S(=O)(=O)N3CCCCCC3)ccc21. The van der Waals surface area contributed by atoms with Gasteiger partial charge in [-0.2, -0.15) is 4.31 Å². The summed E-state index contributed by atoms with van der Waals surface area (Å²) in [6.07, 6.45) is 5.73. The number of amides is 1. The van der Waals surface area contributed by atoms with Crippen LogP contribution in [0.4, 0.5) is 0 Å². The Hall–Kier alpha value is -3.37. The number of sulfonamides is 1. The summed E-state index contributed by atoms with van der Waals surface area (Å²) in [5.74, 6) is 0.719. The van der Waals surface area contributed by atoms with Gasteiger partial charge in [-0.25, -0.2) is 8.42 Å². The lowest BCUT2D eigenvalue weighted by molar-refractivity contribution is 0.0952. The van der Waals surface area contributed by atoms with Crippen molar-refractivity contribution in [2.45, 2.75) is 50.5 Å². The molecule has 1 fully saturated rings. The van der Waals surface area contributed by atoms with Crippen LogP contribution in [0.15, 0.2) is 52.3 Å². The molecular formula is C28H35N3O6S. The van der Waals surface area contributed by atoms with E-state index in [0.29, 0.717) is 49.6 Å². The monoisotopic (exact) mass is 541 g/mol. The van der Waals surface area contributed by atoms with Gasteiger partial charge in [-0.3, -0.25) is 9.59 Å². The topological polar surface area (TPSA) is 107 Å². The van der Waals surface area contributed by atoms with Crippen molar-refractivity contribution in [2.75, 3.05) is 33.9 Å². The summed E-state index contributed by atoms with van der Waals surface area (Å²) in [6.45, 7) is 3.68. The van der Waals surface area contributed by atoms with E-state index in [1.807, 2.05) is 19.1 Å². The molecule has 0 spiro atoms. The van der Waals surface area contributed by atoms with Gasteiger partial charge in [0, 0.05) is 37.8 Å². The smallest absolute Gasteiger partial charge is 0.256 e. The molecule has 2 heterocycles. The number of aromatic nitrogens is 1. The van der Waals surface area contributed by atoms with Gasteiger partial charge in [0.2, 0.25) is 15.5 Å². The molecule has 0 bridgehead atoms. The van der Waals surface area contributed by atoms with E-state index in [-0.39, 0.29) is 15.8 Å². The molecule has 3 aromatic rings. The summed E-state index contributed by atoms with van der Waals surface area (Å²) in [5.41, 5.74) is 1.03. The van der Waals surface area contributed by atoms with Crippen molar-refractivity contribution in [1.82, 2.24) is 14.2 Å². The lowest BCUT2D eigenvalue weighted by Crippen LogP contribution is -2.32. The van der Waals surface area contributed by atoms with E-state index in [1.54, 1.807) is 43.2 Å². The molecule has 38 heavy (non-hydrogen) atoms. The fourth-order valence-electron chi connectivity index (χ4n) is 4.84. The van der Waals surface area contributed by atoms with Crippen molar-refractivity contribution < 1.29 is 22.7 Å². The first-order valence-electron chi connectivity index (χ1n) is 13.0. The predicted molar refractivity (Wildman–Crippen MR) is 147 cm³/mol. The summed E-state index contributed by atoms with van der Waals surface area (Å²) in [4.78, 5) is 26.6. The molecule has 1 amide bonds. The van der Waals surface area contributed by atoms with E-state index in [4.69, 9.17) is 9.47 Å². The molecule has 0 saturated carbocycles. The third-order valence-electron chi connectivity index (χ3n) is 6.99. The summed E-state index contributed by atoms with van der Waals surface area (Å²) in [7, 11) is -0.607. The highest BCUT2D eigenvalue weighted by Crippen LogP contribution is 2.28. The van der Waals surface area contributed by atoms with Crippen LogP contribution < -0.4 is 20.2 Å². The van der Waals surface area contributed by atoms with Crippen LogP contribution in [0.1, 0.15) is 48.5 Å². The van der Waals surface area contributed by atoms with Gasteiger partial charge in [-0.15, -0.1) is 0 Å². The standard InChI is InChI=1S/C28H35N3O6S/c1-4-30-19-23(28(33)29-14-13-20-9-12-25(36-2)26(17-20)37-3)27(32)22-18-21(10-11-24(22)30)38(34,35)31-15-7-5-6-8-16-31/h9-12,17-19H,4-8,13-16H2,1-3H3,(H,29,33). The largest absolute Gasteiger partial charge is 0.493 e. The van der Waals surface area contributed by atoms with Gasteiger partial charge < -0.3 is 19.4 Å². The van der Waals surface area contributed by atoms with Crippen LogP contribution in [0.2, 0.25) is 0 Å². The number of nitrogens with one attached hydrogen (secondary N) is 1. The Morgan fingerprint density at radius 1 is 0.974 bits per heavy atom. The number of rotatable bonds is 9. The van der Waals surface area contributed by atoms with Crippen molar-refractivity contribution >= 4 is 26.8 Å². The van der Waals surface area contributed by atoms with E-state index >= 15 is 0 Å². The molecule has 0 aliphatic carbocycles. The van der Waals surface area contributed by atoms with Gasteiger partial charge in [0.25, 0.3) is 5.91 Å². The quantitative estimate of drug-likeness (QED) is 0.444. The number of aryl methyl sites for hydroxylation is 1. The second-order valence-corrected chi connectivity index (χ2v) is 11.3. The normalized spacial score (nSPS) is 14.7. The molecule has 1 saturated heterocycles. The first-order chi connectivity index (χ1) is 18.3. The maximum Gasteiger partial charge on any atom is 0.256 e. The Kier molecular flexibility index (Phi) is 8.73. The first kappa shape index (κ1) is 27.7. The number of methoxy groups -OCH3 is 2. The van der Waals surface area contributed by atoms with E-state index in [2.05, 4.69) is 5.32 Å². The van der Waals surface area contributed by atoms with Gasteiger partial charge in [0.15, 0.2) is 11.5 Å². The highest BCUT2D eigenvalue weighted by atomic mass is 32.2. The van der Waals surface area contributed by atoms with Crippen molar-refractivity contribution in [2.24, 2.45) is 0 Å². The van der Waals surface area contributed by atoms with Crippen molar-refractivity contribution in [1.29, 1.82) is 0 Å². The minimum absolute atomic E-state index is 0.0176. The Morgan fingerprint density at radius 2 is 1.68 bits per heavy atom. The Morgan fingerprint density at radius 3 is 2.34 bits per heavy atom. The molecule has 4 rings (SSSR count). The van der Waals surface area contributed by atoms with Gasteiger partial charge in [0.1, 0.15) is 5.56 Å². The minimum Gasteiger partial charge on any atom is -0.493 e. The Labute approximate surface area is 223 Å². The fraction of sp³-hybridized carbons (Fsp3) is 0.429. The molecule has 0 atom stereocenters. The van der Waals surface area contributed by atoms with Crippen LogP contribution in [0, 0.1) is 0 Å².